The Kier molecular flexibility index (Phi) is 4.93. The van der Waals surface area contributed by atoms with Gasteiger partial charge in [0.15, 0.2) is 0 Å². The van der Waals surface area contributed by atoms with Crippen molar-refractivity contribution in [1.29, 1.82) is 0 Å². The molecule has 0 heterocycles. The highest BCUT2D eigenvalue weighted by Gasteiger charge is 2.21. The van der Waals surface area contributed by atoms with Crippen molar-refractivity contribution in [3.8, 4) is 0 Å². The molecule has 0 bridgehead atoms. The number of hydrogen-bond acceptors (Lipinski definition) is 4. The van der Waals surface area contributed by atoms with E-state index in [1.807, 2.05) is 0 Å². The molecule has 0 aromatic heterocycles. The van der Waals surface area contributed by atoms with Crippen molar-refractivity contribution in [1.82, 2.24) is 0 Å². The fourth-order valence-corrected chi connectivity index (χ4v) is 4.49. The van der Waals surface area contributed by atoms with Crippen LogP contribution < -0.4 is 9.86 Å². The van der Waals surface area contributed by atoms with Gasteiger partial charge >= 0.3 is 0 Å². The summed E-state index contributed by atoms with van der Waals surface area (Å²) in [4.78, 5) is -0.390. The lowest BCUT2D eigenvalue weighted by molar-refractivity contribution is 0.596. The third kappa shape index (κ3) is 3.96. The first kappa shape index (κ1) is 18.0. The molecule has 3 N–H and O–H groups in total. The van der Waals surface area contributed by atoms with E-state index in [0.717, 1.165) is 6.07 Å². The van der Waals surface area contributed by atoms with Crippen molar-refractivity contribution in [2.75, 3.05) is 4.72 Å². The Labute approximate surface area is 144 Å². The van der Waals surface area contributed by atoms with Gasteiger partial charge in [-0.3, -0.25) is 4.72 Å². The summed E-state index contributed by atoms with van der Waals surface area (Å²) in [7, 11) is -8.02. The number of anilines is 1. The molecule has 2 aromatic rings. The summed E-state index contributed by atoms with van der Waals surface area (Å²) in [5.41, 5.74) is 0.437. The van der Waals surface area contributed by atoms with Gasteiger partial charge in [0.1, 0.15) is 4.90 Å². The molecule has 124 valence electrons. The second-order valence-corrected chi connectivity index (χ2v) is 8.65. The molecule has 0 unspecified atom stereocenters. The van der Waals surface area contributed by atoms with Crippen LogP contribution in [0.5, 0.6) is 0 Å². The smallest absolute Gasteiger partial charge is 0.263 e. The maximum absolute atomic E-state index is 12.4. The SMILES string of the molecule is Cc1ccc(NS(=O)(=O)c2cccc(Cl)c2Cl)cc1S(N)(=O)=O. The number of aryl methyl sites for hydroxylation is 1. The molecule has 0 saturated carbocycles. The summed E-state index contributed by atoms with van der Waals surface area (Å²) in [6, 6.07) is 8.17. The lowest BCUT2D eigenvalue weighted by atomic mass is 10.2. The number of hydrogen-bond donors (Lipinski definition) is 2. The fourth-order valence-electron chi connectivity index (χ4n) is 1.87. The maximum atomic E-state index is 12.4. The van der Waals surface area contributed by atoms with Crippen LogP contribution in [-0.2, 0) is 20.0 Å². The molecule has 0 atom stereocenters. The van der Waals surface area contributed by atoms with E-state index in [1.165, 1.54) is 30.3 Å². The van der Waals surface area contributed by atoms with Gasteiger partial charge < -0.3 is 0 Å². The predicted molar refractivity (Wildman–Crippen MR) is 89.8 cm³/mol. The Hall–Kier alpha value is -1.32. The van der Waals surface area contributed by atoms with E-state index in [1.54, 1.807) is 6.92 Å². The summed E-state index contributed by atoms with van der Waals surface area (Å²) in [6.07, 6.45) is 0. The van der Waals surface area contributed by atoms with Crippen molar-refractivity contribution in [3.63, 3.8) is 0 Å². The number of sulfonamides is 2. The predicted octanol–water partition coefficient (Wildman–Crippen LogP) is 2.75. The average molecular weight is 395 g/mol. The van der Waals surface area contributed by atoms with Gasteiger partial charge in [0.05, 0.1) is 20.6 Å². The minimum Gasteiger partial charge on any atom is -0.280 e. The van der Waals surface area contributed by atoms with Gasteiger partial charge in [0, 0.05) is 0 Å². The van der Waals surface area contributed by atoms with Crippen LogP contribution in [0.2, 0.25) is 10.0 Å². The molecule has 0 saturated heterocycles. The third-order valence-corrected chi connectivity index (χ3v) is 6.36. The van der Waals surface area contributed by atoms with Gasteiger partial charge in [-0.2, -0.15) is 0 Å². The van der Waals surface area contributed by atoms with Gasteiger partial charge in [-0.15, -0.1) is 0 Å². The van der Waals surface area contributed by atoms with Crippen molar-refractivity contribution in [3.05, 3.63) is 52.0 Å². The van der Waals surface area contributed by atoms with Crippen molar-refractivity contribution >= 4 is 48.9 Å². The first-order valence-corrected chi connectivity index (χ1v) is 9.91. The molecule has 2 aromatic carbocycles. The number of benzene rings is 2. The molecule has 0 aliphatic rings. The molecular weight excluding hydrogens is 383 g/mol. The van der Waals surface area contributed by atoms with Gasteiger partial charge in [-0.25, -0.2) is 22.0 Å². The molecule has 6 nitrogen and oxygen atoms in total. The second-order valence-electron chi connectivity index (χ2n) is 4.68. The third-order valence-electron chi connectivity index (χ3n) is 2.95. The Morgan fingerprint density at radius 3 is 2.26 bits per heavy atom. The van der Waals surface area contributed by atoms with Gasteiger partial charge in [0.2, 0.25) is 10.0 Å². The summed E-state index contributed by atoms with van der Waals surface area (Å²) < 4.78 is 50.0. The second kappa shape index (κ2) is 6.29. The van der Waals surface area contributed by atoms with E-state index in [2.05, 4.69) is 4.72 Å². The molecule has 0 fully saturated rings. The Balaban J connectivity index is 2.48. The lowest BCUT2D eigenvalue weighted by Gasteiger charge is -2.12. The molecule has 0 spiro atoms. The largest absolute Gasteiger partial charge is 0.280 e. The summed E-state index contributed by atoms with van der Waals surface area (Å²) in [6.45, 7) is 1.55. The lowest BCUT2D eigenvalue weighted by Crippen LogP contribution is -2.16. The zero-order chi connectivity index (χ0) is 17.4. The quantitative estimate of drug-likeness (QED) is 0.830. The van der Waals surface area contributed by atoms with Crippen LogP contribution in [0.1, 0.15) is 5.56 Å². The Morgan fingerprint density at radius 1 is 1.00 bits per heavy atom. The number of nitrogens with one attached hydrogen (secondary N) is 1. The van der Waals surface area contributed by atoms with E-state index >= 15 is 0 Å². The molecule has 10 heteroatoms. The highest BCUT2D eigenvalue weighted by atomic mass is 35.5. The zero-order valence-corrected chi connectivity index (χ0v) is 14.9. The average Bonchev–Trinajstić information content (AvgIpc) is 2.42. The summed E-state index contributed by atoms with van der Waals surface area (Å²) in [5.74, 6) is 0. The van der Waals surface area contributed by atoms with Crippen LogP contribution in [0.3, 0.4) is 0 Å². The summed E-state index contributed by atoms with van der Waals surface area (Å²) >= 11 is 11.7. The zero-order valence-electron chi connectivity index (χ0n) is 11.7. The number of halogens is 2. The van der Waals surface area contributed by atoms with Crippen LogP contribution in [0, 0.1) is 6.92 Å². The first-order chi connectivity index (χ1) is 10.5. The van der Waals surface area contributed by atoms with E-state index < -0.39 is 20.0 Å². The number of nitrogens with two attached hydrogens (primary N) is 1. The van der Waals surface area contributed by atoms with Gasteiger partial charge in [-0.05, 0) is 36.8 Å². The summed E-state index contributed by atoms with van der Waals surface area (Å²) in [5, 5.41) is 5.06. The first-order valence-electron chi connectivity index (χ1n) is 6.12. The Morgan fingerprint density at radius 2 is 1.65 bits per heavy atom. The topological polar surface area (TPSA) is 106 Å². The number of primary sulfonamides is 1. The van der Waals surface area contributed by atoms with Crippen LogP contribution in [-0.4, -0.2) is 16.8 Å². The van der Waals surface area contributed by atoms with Crippen LogP contribution in [0.4, 0.5) is 5.69 Å². The molecule has 0 aliphatic heterocycles. The molecule has 0 aliphatic carbocycles. The highest BCUT2D eigenvalue weighted by molar-refractivity contribution is 7.93. The van der Waals surface area contributed by atoms with Crippen LogP contribution in [0.15, 0.2) is 46.2 Å². The molecule has 0 radical (unpaired) electrons. The fraction of sp³-hybridized carbons (Fsp3) is 0.0769. The molecule has 0 amide bonds. The van der Waals surface area contributed by atoms with Crippen molar-refractivity contribution in [2.24, 2.45) is 5.14 Å². The molecule has 2 rings (SSSR count). The maximum Gasteiger partial charge on any atom is 0.263 e. The van der Waals surface area contributed by atoms with E-state index in [9.17, 15) is 16.8 Å². The Bertz CT molecular complexity index is 973. The normalized spacial score (nSPS) is 12.2. The molecular formula is C13H12Cl2N2O4S2. The minimum atomic E-state index is -4.04. The molecule has 23 heavy (non-hydrogen) atoms. The standard InChI is InChI=1S/C13H12Cl2N2O4S2/c1-8-5-6-9(7-12(8)22(16,18)19)17-23(20,21)11-4-2-3-10(14)13(11)15/h2-7,17H,1H3,(H2,16,18,19). The van der Waals surface area contributed by atoms with E-state index in [0.29, 0.717) is 5.56 Å². The van der Waals surface area contributed by atoms with Crippen LogP contribution in [0.25, 0.3) is 0 Å². The van der Waals surface area contributed by atoms with Gasteiger partial charge in [-0.1, -0.05) is 35.3 Å². The van der Waals surface area contributed by atoms with E-state index in [-0.39, 0.29) is 25.5 Å². The number of rotatable bonds is 4. The van der Waals surface area contributed by atoms with Crippen LogP contribution >= 0.6 is 23.2 Å². The monoisotopic (exact) mass is 394 g/mol. The minimum absolute atomic E-state index is 0.0377. The van der Waals surface area contributed by atoms with E-state index in [4.69, 9.17) is 28.3 Å². The van der Waals surface area contributed by atoms with Crippen molar-refractivity contribution in [2.45, 2.75) is 16.7 Å². The van der Waals surface area contributed by atoms with Crippen molar-refractivity contribution < 1.29 is 16.8 Å². The van der Waals surface area contributed by atoms with Gasteiger partial charge in [0.25, 0.3) is 10.0 Å². The highest BCUT2D eigenvalue weighted by Crippen LogP contribution is 2.30.